The fourth-order valence-electron chi connectivity index (χ4n) is 2.81. The van der Waals surface area contributed by atoms with Crippen molar-refractivity contribution in [1.82, 2.24) is 14.7 Å². The minimum atomic E-state index is -0.0592. The van der Waals surface area contributed by atoms with Crippen molar-refractivity contribution in [3.63, 3.8) is 0 Å². The SMILES string of the molecule is CCN(CC)C(=O)CN1CCN(C(=O)c2cc(Br)ccc2Cl)CC1. The van der Waals surface area contributed by atoms with E-state index in [0.29, 0.717) is 43.3 Å². The van der Waals surface area contributed by atoms with E-state index in [-0.39, 0.29) is 11.8 Å². The summed E-state index contributed by atoms with van der Waals surface area (Å²) in [5, 5.41) is 0.461. The van der Waals surface area contributed by atoms with E-state index in [1.165, 1.54) is 0 Å². The van der Waals surface area contributed by atoms with E-state index < -0.39 is 0 Å². The third-order valence-electron chi connectivity index (χ3n) is 4.29. The van der Waals surface area contributed by atoms with Crippen LogP contribution in [0.25, 0.3) is 0 Å². The van der Waals surface area contributed by atoms with Crippen LogP contribution in [0.2, 0.25) is 5.02 Å². The largest absolute Gasteiger partial charge is 0.342 e. The summed E-state index contributed by atoms with van der Waals surface area (Å²) in [5.74, 6) is 0.0887. The molecule has 1 aliphatic heterocycles. The maximum atomic E-state index is 12.6. The van der Waals surface area contributed by atoms with Crippen molar-refractivity contribution < 1.29 is 9.59 Å². The van der Waals surface area contributed by atoms with Crippen LogP contribution in [0.5, 0.6) is 0 Å². The number of rotatable bonds is 5. The molecular weight excluding hydrogens is 394 g/mol. The third-order valence-corrected chi connectivity index (χ3v) is 5.12. The Hall–Kier alpha value is -1.11. The first-order valence-electron chi connectivity index (χ1n) is 8.20. The molecule has 1 aromatic carbocycles. The molecule has 1 aromatic rings. The fourth-order valence-corrected chi connectivity index (χ4v) is 3.37. The zero-order valence-electron chi connectivity index (χ0n) is 14.1. The van der Waals surface area contributed by atoms with E-state index in [4.69, 9.17) is 11.6 Å². The normalized spacial score (nSPS) is 15.4. The van der Waals surface area contributed by atoms with Crippen molar-refractivity contribution in [1.29, 1.82) is 0 Å². The van der Waals surface area contributed by atoms with E-state index in [1.807, 2.05) is 24.8 Å². The van der Waals surface area contributed by atoms with Crippen molar-refractivity contribution >= 4 is 39.3 Å². The number of piperazine rings is 1. The van der Waals surface area contributed by atoms with Gasteiger partial charge in [0.2, 0.25) is 5.91 Å². The second kappa shape index (κ2) is 8.83. The topological polar surface area (TPSA) is 43.9 Å². The molecule has 1 saturated heterocycles. The highest BCUT2D eigenvalue weighted by Gasteiger charge is 2.25. The van der Waals surface area contributed by atoms with E-state index in [1.54, 1.807) is 17.0 Å². The second-order valence-electron chi connectivity index (χ2n) is 5.76. The highest BCUT2D eigenvalue weighted by Crippen LogP contribution is 2.23. The van der Waals surface area contributed by atoms with Gasteiger partial charge in [0.1, 0.15) is 0 Å². The average Bonchev–Trinajstić information content (AvgIpc) is 2.58. The lowest BCUT2D eigenvalue weighted by Gasteiger charge is -2.35. The molecule has 0 unspecified atom stereocenters. The van der Waals surface area contributed by atoms with Gasteiger partial charge >= 0.3 is 0 Å². The molecule has 5 nitrogen and oxygen atoms in total. The zero-order valence-corrected chi connectivity index (χ0v) is 16.4. The monoisotopic (exact) mass is 415 g/mol. The van der Waals surface area contributed by atoms with Crippen LogP contribution in [0.15, 0.2) is 22.7 Å². The first kappa shape index (κ1) is 19.2. The highest BCUT2D eigenvalue weighted by molar-refractivity contribution is 9.10. The standard InChI is InChI=1S/C17H23BrClN3O2/c1-3-21(4-2)16(23)12-20-7-9-22(10-8-20)17(24)14-11-13(18)5-6-15(14)19/h5-6,11H,3-4,7-10,12H2,1-2H3. The van der Waals surface area contributed by atoms with Gasteiger partial charge in [-0.3, -0.25) is 14.5 Å². The maximum Gasteiger partial charge on any atom is 0.255 e. The molecular formula is C17H23BrClN3O2. The minimum Gasteiger partial charge on any atom is -0.342 e. The number of hydrogen-bond donors (Lipinski definition) is 0. The Labute approximate surface area is 156 Å². The van der Waals surface area contributed by atoms with Gasteiger partial charge in [0, 0.05) is 43.7 Å². The van der Waals surface area contributed by atoms with Crippen molar-refractivity contribution in [3.8, 4) is 0 Å². The first-order chi connectivity index (χ1) is 11.5. The van der Waals surface area contributed by atoms with Gasteiger partial charge in [-0.15, -0.1) is 0 Å². The Morgan fingerprint density at radius 1 is 1.17 bits per heavy atom. The molecule has 0 saturated carbocycles. The minimum absolute atomic E-state index is 0.0592. The van der Waals surface area contributed by atoms with Crippen LogP contribution >= 0.6 is 27.5 Å². The quantitative estimate of drug-likeness (QED) is 0.741. The van der Waals surface area contributed by atoms with Gasteiger partial charge < -0.3 is 9.80 Å². The van der Waals surface area contributed by atoms with Crippen molar-refractivity contribution in [3.05, 3.63) is 33.3 Å². The smallest absolute Gasteiger partial charge is 0.255 e. The van der Waals surface area contributed by atoms with Crippen molar-refractivity contribution in [2.24, 2.45) is 0 Å². The number of nitrogens with zero attached hydrogens (tertiary/aromatic N) is 3. The number of carbonyl (C=O) groups is 2. The van der Waals surface area contributed by atoms with Crippen LogP contribution in [-0.2, 0) is 4.79 Å². The number of halogens is 2. The van der Waals surface area contributed by atoms with E-state index in [0.717, 1.165) is 17.6 Å². The number of carbonyl (C=O) groups excluding carboxylic acids is 2. The summed E-state index contributed by atoms with van der Waals surface area (Å²) in [6, 6.07) is 5.29. The van der Waals surface area contributed by atoms with Gasteiger partial charge in [0.25, 0.3) is 5.91 Å². The zero-order chi connectivity index (χ0) is 17.7. The molecule has 24 heavy (non-hydrogen) atoms. The van der Waals surface area contributed by atoms with Crippen LogP contribution in [-0.4, -0.2) is 72.3 Å². The summed E-state index contributed by atoms with van der Waals surface area (Å²) in [6.07, 6.45) is 0. The van der Waals surface area contributed by atoms with Gasteiger partial charge in [0.05, 0.1) is 17.1 Å². The molecule has 0 spiro atoms. The lowest BCUT2D eigenvalue weighted by Crippen LogP contribution is -2.51. The predicted molar refractivity (Wildman–Crippen MR) is 99.4 cm³/mol. The molecule has 0 aromatic heterocycles. The Morgan fingerprint density at radius 3 is 2.38 bits per heavy atom. The first-order valence-corrected chi connectivity index (χ1v) is 9.37. The van der Waals surface area contributed by atoms with Gasteiger partial charge in [-0.05, 0) is 32.0 Å². The summed E-state index contributed by atoms with van der Waals surface area (Å²) in [5.41, 5.74) is 0.513. The highest BCUT2D eigenvalue weighted by atomic mass is 79.9. The average molecular weight is 417 g/mol. The summed E-state index contributed by atoms with van der Waals surface area (Å²) >= 11 is 9.52. The molecule has 2 rings (SSSR count). The molecule has 0 radical (unpaired) electrons. The summed E-state index contributed by atoms with van der Waals surface area (Å²) in [6.45, 7) is 8.46. The van der Waals surface area contributed by atoms with Crippen LogP contribution in [0.3, 0.4) is 0 Å². The van der Waals surface area contributed by atoms with Gasteiger partial charge in [0.15, 0.2) is 0 Å². The second-order valence-corrected chi connectivity index (χ2v) is 7.08. The Morgan fingerprint density at radius 2 is 1.79 bits per heavy atom. The van der Waals surface area contributed by atoms with Crippen LogP contribution in [0.1, 0.15) is 24.2 Å². The van der Waals surface area contributed by atoms with E-state index in [9.17, 15) is 9.59 Å². The molecule has 7 heteroatoms. The lowest BCUT2D eigenvalue weighted by atomic mass is 10.2. The number of likely N-dealkylation sites (N-methyl/N-ethyl adjacent to an activating group) is 1. The Bertz CT molecular complexity index is 599. The lowest BCUT2D eigenvalue weighted by molar-refractivity contribution is -0.132. The van der Waals surface area contributed by atoms with Gasteiger partial charge in [-0.2, -0.15) is 0 Å². The third kappa shape index (κ3) is 4.71. The molecule has 0 atom stereocenters. The van der Waals surface area contributed by atoms with Crippen LogP contribution in [0, 0.1) is 0 Å². The summed E-state index contributed by atoms with van der Waals surface area (Å²) in [4.78, 5) is 30.5. The van der Waals surface area contributed by atoms with Gasteiger partial charge in [-0.25, -0.2) is 0 Å². The molecule has 0 N–H and O–H groups in total. The van der Waals surface area contributed by atoms with Crippen LogP contribution < -0.4 is 0 Å². The predicted octanol–water partition coefficient (Wildman–Crippen LogP) is 2.73. The fraction of sp³-hybridized carbons (Fsp3) is 0.529. The van der Waals surface area contributed by atoms with Crippen LogP contribution in [0.4, 0.5) is 0 Å². The number of hydrogen-bond acceptors (Lipinski definition) is 3. The van der Waals surface area contributed by atoms with Crippen molar-refractivity contribution in [2.75, 3.05) is 45.8 Å². The molecule has 2 amide bonds. The number of amides is 2. The molecule has 0 aliphatic carbocycles. The summed E-state index contributed by atoms with van der Waals surface area (Å²) < 4.78 is 0.832. The molecule has 1 heterocycles. The molecule has 1 fully saturated rings. The maximum absolute atomic E-state index is 12.6. The molecule has 132 valence electrons. The Kier molecular flexibility index (Phi) is 7.07. The summed E-state index contributed by atoms with van der Waals surface area (Å²) in [7, 11) is 0. The number of benzene rings is 1. The Balaban J connectivity index is 1.91. The molecule has 0 bridgehead atoms. The van der Waals surface area contributed by atoms with E-state index in [2.05, 4.69) is 20.8 Å². The van der Waals surface area contributed by atoms with E-state index >= 15 is 0 Å². The van der Waals surface area contributed by atoms with Crippen molar-refractivity contribution in [2.45, 2.75) is 13.8 Å². The molecule has 1 aliphatic rings. The van der Waals surface area contributed by atoms with Gasteiger partial charge in [-0.1, -0.05) is 27.5 Å².